The largest absolute Gasteiger partial charge is 0.383 e. The molecule has 3 heteroatoms. The Morgan fingerprint density at radius 3 is 2.46 bits per heavy atom. The molecular formula is C10H13BrN2. The SMILES string of the molecule is NC1(CNc2ccc(Br)cc2)CC1. The lowest BCUT2D eigenvalue weighted by molar-refractivity contribution is 0.713. The summed E-state index contributed by atoms with van der Waals surface area (Å²) in [6, 6.07) is 8.16. The molecule has 0 bridgehead atoms. The highest BCUT2D eigenvalue weighted by molar-refractivity contribution is 9.10. The highest BCUT2D eigenvalue weighted by atomic mass is 79.9. The Balaban J connectivity index is 1.91. The standard InChI is InChI=1S/C10H13BrN2/c11-8-1-3-9(4-2-8)13-7-10(12)5-6-10/h1-4,13H,5-7,12H2. The third kappa shape index (κ3) is 2.45. The first-order valence-electron chi connectivity index (χ1n) is 4.46. The first kappa shape index (κ1) is 9.03. The highest BCUT2D eigenvalue weighted by Crippen LogP contribution is 2.32. The van der Waals surface area contributed by atoms with Gasteiger partial charge in [-0.1, -0.05) is 15.9 Å². The first-order valence-corrected chi connectivity index (χ1v) is 5.26. The molecule has 0 unspecified atom stereocenters. The van der Waals surface area contributed by atoms with Crippen LogP contribution in [-0.4, -0.2) is 12.1 Å². The molecule has 1 aliphatic rings. The predicted molar refractivity (Wildman–Crippen MR) is 58.8 cm³/mol. The summed E-state index contributed by atoms with van der Waals surface area (Å²) in [6.45, 7) is 0.884. The molecule has 1 aliphatic carbocycles. The number of anilines is 1. The smallest absolute Gasteiger partial charge is 0.0341 e. The van der Waals surface area contributed by atoms with E-state index in [2.05, 4.69) is 33.4 Å². The zero-order chi connectivity index (χ0) is 9.31. The van der Waals surface area contributed by atoms with Gasteiger partial charge in [-0.3, -0.25) is 0 Å². The van der Waals surface area contributed by atoms with Crippen molar-refractivity contribution in [3.8, 4) is 0 Å². The molecule has 0 aliphatic heterocycles. The van der Waals surface area contributed by atoms with E-state index in [1.807, 2.05) is 12.1 Å². The quantitative estimate of drug-likeness (QED) is 0.852. The highest BCUT2D eigenvalue weighted by Gasteiger charge is 2.37. The molecule has 0 saturated heterocycles. The Labute approximate surface area is 86.6 Å². The van der Waals surface area contributed by atoms with Crippen LogP contribution in [0.2, 0.25) is 0 Å². The number of hydrogen-bond acceptors (Lipinski definition) is 2. The molecular weight excluding hydrogens is 228 g/mol. The maximum Gasteiger partial charge on any atom is 0.0341 e. The van der Waals surface area contributed by atoms with Gasteiger partial charge in [-0.2, -0.15) is 0 Å². The molecule has 1 fully saturated rings. The number of nitrogens with two attached hydrogens (primary N) is 1. The Bertz CT molecular complexity index is 290. The Hall–Kier alpha value is -0.540. The summed E-state index contributed by atoms with van der Waals surface area (Å²) >= 11 is 3.40. The molecule has 2 nitrogen and oxygen atoms in total. The average molecular weight is 241 g/mol. The average Bonchev–Trinajstić information content (AvgIpc) is 2.84. The molecule has 0 atom stereocenters. The van der Waals surface area contributed by atoms with Gasteiger partial charge in [-0.15, -0.1) is 0 Å². The van der Waals surface area contributed by atoms with E-state index in [9.17, 15) is 0 Å². The van der Waals surface area contributed by atoms with Crippen molar-refractivity contribution in [2.75, 3.05) is 11.9 Å². The molecule has 0 aromatic heterocycles. The number of rotatable bonds is 3. The molecule has 2 rings (SSSR count). The fraction of sp³-hybridized carbons (Fsp3) is 0.400. The third-order valence-corrected chi connectivity index (χ3v) is 2.91. The summed E-state index contributed by atoms with van der Waals surface area (Å²) in [5.41, 5.74) is 7.17. The van der Waals surface area contributed by atoms with Crippen molar-refractivity contribution in [1.29, 1.82) is 0 Å². The lowest BCUT2D eigenvalue weighted by atomic mass is 10.2. The maximum atomic E-state index is 5.95. The van der Waals surface area contributed by atoms with Crippen LogP contribution < -0.4 is 11.1 Å². The summed E-state index contributed by atoms with van der Waals surface area (Å²) < 4.78 is 1.10. The van der Waals surface area contributed by atoms with Crippen molar-refractivity contribution in [3.63, 3.8) is 0 Å². The van der Waals surface area contributed by atoms with Crippen molar-refractivity contribution in [3.05, 3.63) is 28.7 Å². The summed E-state index contributed by atoms with van der Waals surface area (Å²) in [5, 5.41) is 3.33. The number of benzene rings is 1. The molecule has 1 aromatic carbocycles. The lowest BCUT2D eigenvalue weighted by Crippen LogP contribution is -2.30. The molecule has 1 saturated carbocycles. The molecule has 0 radical (unpaired) electrons. The molecule has 3 N–H and O–H groups in total. The second-order valence-electron chi connectivity index (χ2n) is 3.72. The van der Waals surface area contributed by atoms with Gasteiger partial charge in [0.1, 0.15) is 0 Å². The minimum atomic E-state index is 0.0765. The Kier molecular flexibility index (Phi) is 2.30. The van der Waals surface area contributed by atoms with Crippen LogP contribution in [0.4, 0.5) is 5.69 Å². The van der Waals surface area contributed by atoms with Gasteiger partial charge in [0.2, 0.25) is 0 Å². The normalized spacial score (nSPS) is 18.3. The second-order valence-corrected chi connectivity index (χ2v) is 4.64. The molecule has 0 heterocycles. The van der Waals surface area contributed by atoms with Gasteiger partial charge in [0.25, 0.3) is 0 Å². The summed E-state index contributed by atoms with van der Waals surface area (Å²) in [6.07, 6.45) is 2.30. The van der Waals surface area contributed by atoms with E-state index in [0.717, 1.165) is 29.5 Å². The first-order chi connectivity index (χ1) is 6.18. The number of halogens is 1. The summed E-state index contributed by atoms with van der Waals surface area (Å²) in [4.78, 5) is 0. The van der Waals surface area contributed by atoms with Gasteiger partial charge < -0.3 is 11.1 Å². The van der Waals surface area contributed by atoms with Gasteiger partial charge in [-0.25, -0.2) is 0 Å². The van der Waals surface area contributed by atoms with Gasteiger partial charge >= 0.3 is 0 Å². The van der Waals surface area contributed by atoms with E-state index in [1.165, 1.54) is 0 Å². The van der Waals surface area contributed by atoms with E-state index in [1.54, 1.807) is 0 Å². The third-order valence-electron chi connectivity index (χ3n) is 2.38. The van der Waals surface area contributed by atoms with Crippen LogP contribution in [0, 0.1) is 0 Å². The van der Waals surface area contributed by atoms with E-state index < -0.39 is 0 Å². The van der Waals surface area contributed by atoms with E-state index in [-0.39, 0.29) is 5.54 Å². The van der Waals surface area contributed by atoms with Gasteiger partial charge in [0, 0.05) is 22.2 Å². The zero-order valence-corrected chi connectivity index (χ0v) is 8.97. The second kappa shape index (κ2) is 3.31. The van der Waals surface area contributed by atoms with Crippen molar-refractivity contribution in [2.45, 2.75) is 18.4 Å². The maximum absolute atomic E-state index is 5.95. The molecule has 13 heavy (non-hydrogen) atoms. The lowest BCUT2D eigenvalue weighted by Gasteiger charge is -2.11. The monoisotopic (exact) mass is 240 g/mol. The van der Waals surface area contributed by atoms with Crippen LogP contribution in [0.1, 0.15) is 12.8 Å². The number of hydrogen-bond donors (Lipinski definition) is 2. The van der Waals surface area contributed by atoms with Crippen LogP contribution in [0.25, 0.3) is 0 Å². The summed E-state index contributed by atoms with van der Waals surface area (Å²) in [7, 11) is 0. The van der Waals surface area contributed by atoms with Gasteiger partial charge in [0.15, 0.2) is 0 Å². The number of nitrogens with one attached hydrogen (secondary N) is 1. The van der Waals surface area contributed by atoms with Crippen molar-refractivity contribution in [1.82, 2.24) is 0 Å². The zero-order valence-electron chi connectivity index (χ0n) is 7.39. The Morgan fingerprint density at radius 1 is 1.31 bits per heavy atom. The van der Waals surface area contributed by atoms with Crippen LogP contribution in [0.5, 0.6) is 0 Å². The van der Waals surface area contributed by atoms with E-state index in [4.69, 9.17) is 5.73 Å². The fourth-order valence-corrected chi connectivity index (χ4v) is 1.45. The predicted octanol–water partition coefficient (Wildman–Crippen LogP) is 2.35. The van der Waals surface area contributed by atoms with Crippen molar-refractivity contribution >= 4 is 21.6 Å². The fourth-order valence-electron chi connectivity index (χ4n) is 1.18. The minimum absolute atomic E-state index is 0.0765. The topological polar surface area (TPSA) is 38.0 Å². The molecule has 1 aromatic rings. The van der Waals surface area contributed by atoms with Crippen LogP contribution in [-0.2, 0) is 0 Å². The van der Waals surface area contributed by atoms with Crippen LogP contribution in [0.3, 0.4) is 0 Å². The molecule has 0 spiro atoms. The molecule has 0 amide bonds. The van der Waals surface area contributed by atoms with Crippen LogP contribution in [0.15, 0.2) is 28.7 Å². The summed E-state index contributed by atoms with van der Waals surface area (Å²) in [5.74, 6) is 0. The van der Waals surface area contributed by atoms with E-state index in [0.29, 0.717) is 0 Å². The Morgan fingerprint density at radius 2 is 1.92 bits per heavy atom. The van der Waals surface area contributed by atoms with Crippen molar-refractivity contribution in [2.24, 2.45) is 5.73 Å². The van der Waals surface area contributed by atoms with Gasteiger partial charge in [-0.05, 0) is 37.1 Å². The minimum Gasteiger partial charge on any atom is -0.383 e. The van der Waals surface area contributed by atoms with E-state index >= 15 is 0 Å². The van der Waals surface area contributed by atoms with Crippen LogP contribution >= 0.6 is 15.9 Å². The van der Waals surface area contributed by atoms with Gasteiger partial charge in [0.05, 0.1) is 0 Å². The molecule has 70 valence electrons. The van der Waals surface area contributed by atoms with Crippen molar-refractivity contribution < 1.29 is 0 Å².